The van der Waals surface area contributed by atoms with Gasteiger partial charge in [-0.1, -0.05) is 31.9 Å². The van der Waals surface area contributed by atoms with Gasteiger partial charge in [0.15, 0.2) is 12.4 Å². The fourth-order valence-corrected chi connectivity index (χ4v) is 6.91. The molecule has 1 heterocycles. The summed E-state index contributed by atoms with van der Waals surface area (Å²) in [6, 6.07) is 6.34. The van der Waals surface area contributed by atoms with Crippen LogP contribution in [0.3, 0.4) is 0 Å². The first-order chi connectivity index (χ1) is 15.2. The maximum absolute atomic E-state index is 12.8. The van der Waals surface area contributed by atoms with Crippen LogP contribution in [0.5, 0.6) is 0 Å². The first kappa shape index (κ1) is 23.1. The molecular formula is C22H22Br2N2O6. The quantitative estimate of drug-likeness (QED) is 0.234. The van der Waals surface area contributed by atoms with E-state index in [0.717, 1.165) is 6.42 Å². The monoisotopic (exact) mass is 568 g/mol. The van der Waals surface area contributed by atoms with Crippen LogP contribution >= 0.6 is 31.9 Å². The zero-order valence-electron chi connectivity index (χ0n) is 17.3. The highest BCUT2D eigenvalue weighted by Gasteiger charge is 2.66. The molecule has 32 heavy (non-hydrogen) atoms. The number of carbonyl (C=O) groups excluding carboxylic acids is 5. The number of imide groups is 1. The first-order valence-electron chi connectivity index (χ1n) is 10.4. The Morgan fingerprint density at radius 3 is 2.12 bits per heavy atom. The number of ether oxygens (including phenoxy) is 1. The number of benzene rings is 1. The number of anilines is 1. The van der Waals surface area contributed by atoms with Crippen LogP contribution in [-0.4, -0.2) is 57.2 Å². The molecular weight excluding hydrogens is 548 g/mol. The molecule has 2 aliphatic carbocycles. The van der Waals surface area contributed by atoms with Gasteiger partial charge in [-0.15, -0.1) is 0 Å². The molecule has 2 saturated carbocycles. The van der Waals surface area contributed by atoms with Crippen molar-refractivity contribution < 1.29 is 28.7 Å². The van der Waals surface area contributed by atoms with Crippen molar-refractivity contribution in [3.63, 3.8) is 0 Å². The molecule has 3 aliphatic rings. The standard InChI is InChI=1S/C22H22Br2N2O6/c1-10(27)11-2-4-12(5-3-11)25-15(28)9-32-16(29)6-7-26-21(30)17-13-8-14(18(17)22(26)31)20(24)19(13)23/h2-5,13-14,17-20H,6-9H2,1H3,(H,25,28)/t13-,14-,17-,18-,19+,20+/m1/s1. The first-order valence-corrected chi connectivity index (χ1v) is 12.2. The normalized spacial score (nSPS) is 30.4. The molecule has 0 aromatic heterocycles. The van der Waals surface area contributed by atoms with Crippen LogP contribution in [0.4, 0.5) is 5.69 Å². The Hall–Kier alpha value is -2.07. The Balaban J connectivity index is 1.24. The third-order valence-corrected chi connectivity index (χ3v) is 9.76. The zero-order valence-corrected chi connectivity index (χ0v) is 20.4. The van der Waals surface area contributed by atoms with Crippen LogP contribution in [-0.2, 0) is 23.9 Å². The second-order valence-electron chi connectivity index (χ2n) is 8.42. The van der Waals surface area contributed by atoms with Gasteiger partial charge in [-0.05, 0) is 49.4 Å². The molecule has 1 aromatic carbocycles. The molecule has 0 spiro atoms. The number of nitrogens with zero attached hydrogens (tertiary/aromatic N) is 1. The van der Waals surface area contributed by atoms with Gasteiger partial charge in [0.25, 0.3) is 5.91 Å². The molecule has 1 aliphatic heterocycles. The number of rotatable bonds is 7. The van der Waals surface area contributed by atoms with E-state index in [1.54, 1.807) is 24.3 Å². The van der Waals surface area contributed by atoms with E-state index in [1.165, 1.54) is 11.8 Å². The number of likely N-dealkylation sites (tertiary alicyclic amines) is 1. The second-order valence-corrected chi connectivity index (χ2v) is 10.5. The maximum atomic E-state index is 12.8. The van der Waals surface area contributed by atoms with E-state index in [9.17, 15) is 24.0 Å². The summed E-state index contributed by atoms with van der Waals surface area (Å²) in [5.74, 6) is -2.09. The largest absolute Gasteiger partial charge is 0.456 e. The molecule has 3 fully saturated rings. The van der Waals surface area contributed by atoms with Gasteiger partial charge in [0.1, 0.15) is 0 Å². The van der Waals surface area contributed by atoms with E-state index in [4.69, 9.17) is 4.74 Å². The van der Waals surface area contributed by atoms with Crippen molar-refractivity contribution in [2.24, 2.45) is 23.7 Å². The number of Topliss-reactive ketones (excluding diaryl/α,β-unsaturated/α-hetero) is 1. The van der Waals surface area contributed by atoms with Gasteiger partial charge in [-0.25, -0.2) is 0 Å². The molecule has 1 aromatic rings. The molecule has 0 unspecified atom stereocenters. The summed E-state index contributed by atoms with van der Waals surface area (Å²) in [5.41, 5.74) is 0.997. The number of hydrogen-bond acceptors (Lipinski definition) is 6. The molecule has 10 heteroatoms. The molecule has 8 nitrogen and oxygen atoms in total. The van der Waals surface area contributed by atoms with Gasteiger partial charge in [0.05, 0.1) is 18.3 Å². The summed E-state index contributed by atoms with van der Waals surface area (Å²) in [4.78, 5) is 62.5. The van der Waals surface area contributed by atoms with E-state index < -0.39 is 18.5 Å². The fourth-order valence-electron chi connectivity index (χ4n) is 5.04. The highest BCUT2D eigenvalue weighted by atomic mass is 79.9. The van der Waals surface area contributed by atoms with Gasteiger partial charge in [-0.3, -0.25) is 28.9 Å². The SMILES string of the molecule is CC(=O)c1ccc(NC(=O)COC(=O)CCN2C(=O)[C@@H]3[C@H]4C[C@@H]([C@H](Br)[C@H]4Br)[C@H]3C2=O)cc1. The number of esters is 1. The molecule has 6 atom stereocenters. The topological polar surface area (TPSA) is 110 Å². The van der Waals surface area contributed by atoms with Crippen LogP contribution in [0.15, 0.2) is 24.3 Å². The Morgan fingerprint density at radius 2 is 1.59 bits per heavy atom. The van der Waals surface area contributed by atoms with Crippen LogP contribution < -0.4 is 5.32 Å². The molecule has 2 bridgehead atoms. The van der Waals surface area contributed by atoms with Crippen molar-refractivity contribution in [2.45, 2.75) is 29.4 Å². The average molecular weight is 570 g/mol. The van der Waals surface area contributed by atoms with Gasteiger partial charge in [0, 0.05) is 27.4 Å². The second kappa shape index (κ2) is 9.05. The molecule has 1 N–H and O–H groups in total. The fraction of sp³-hybridized carbons (Fsp3) is 0.500. The highest BCUT2D eigenvalue weighted by Crippen LogP contribution is 2.60. The number of nitrogens with one attached hydrogen (secondary N) is 1. The molecule has 1 saturated heterocycles. The van der Waals surface area contributed by atoms with Crippen LogP contribution in [0.2, 0.25) is 0 Å². The van der Waals surface area contributed by atoms with E-state index in [-0.39, 0.29) is 63.9 Å². The third kappa shape index (κ3) is 4.14. The minimum absolute atomic E-state index is 0.0447. The van der Waals surface area contributed by atoms with Crippen molar-refractivity contribution in [3.05, 3.63) is 29.8 Å². The number of amides is 3. The van der Waals surface area contributed by atoms with Crippen LogP contribution in [0, 0.1) is 23.7 Å². The molecule has 4 rings (SSSR count). The van der Waals surface area contributed by atoms with E-state index in [0.29, 0.717) is 11.3 Å². The van der Waals surface area contributed by atoms with Crippen molar-refractivity contribution in [2.75, 3.05) is 18.5 Å². The summed E-state index contributed by atoms with van der Waals surface area (Å²) in [7, 11) is 0. The Bertz CT molecular complexity index is 949. The lowest BCUT2D eigenvalue weighted by molar-refractivity contribution is -0.149. The maximum Gasteiger partial charge on any atom is 0.308 e. The van der Waals surface area contributed by atoms with Gasteiger partial charge in [-0.2, -0.15) is 0 Å². The molecule has 170 valence electrons. The minimum Gasteiger partial charge on any atom is -0.456 e. The van der Waals surface area contributed by atoms with Gasteiger partial charge < -0.3 is 10.1 Å². The predicted octanol–water partition coefficient (Wildman–Crippen LogP) is 2.54. The minimum atomic E-state index is -0.663. The summed E-state index contributed by atoms with van der Waals surface area (Å²) in [6.07, 6.45) is 0.684. The lowest BCUT2D eigenvalue weighted by Gasteiger charge is -2.28. The lowest BCUT2D eigenvalue weighted by Crippen LogP contribution is -2.37. The Morgan fingerprint density at radius 1 is 1.03 bits per heavy atom. The van der Waals surface area contributed by atoms with E-state index in [2.05, 4.69) is 37.2 Å². The predicted molar refractivity (Wildman–Crippen MR) is 121 cm³/mol. The van der Waals surface area contributed by atoms with Gasteiger partial charge in [0.2, 0.25) is 11.8 Å². The van der Waals surface area contributed by atoms with Gasteiger partial charge >= 0.3 is 5.97 Å². The summed E-state index contributed by atoms with van der Waals surface area (Å²) in [6.45, 7) is 0.919. The van der Waals surface area contributed by atoms with Crippen molar-refractivity contribution in [3.8, 4) is 0 Å². The molecule has 3 amide bonds. The van der Waals surface area contributed by atoms with Crippen molar-refractivity contribution >= 4 is 67.0 Å². The number of ketones is 1. The van der Waals surface area contributed by atoms with Crippen molar-refractivity contribution in [1.82, 2.24) is 4.90 Å². The Kier molecular flexibility index (Phi) is 6.53. The average Bonchev–Trinajstić information content (AvgIpc) is 3.36. The number of fused-ring (bicyclic) bond motifs is 5. The van der Waals surface area contributed by atoms with Crippen LogP contribution in [0.25, 0.3) is 0 Å². The number of alkyl halides is 2. The van der Waals surface area contributed by atoms with Crippen molar-refractivity contribution in [1.29, 1.82) is 0 Å². The third-order valence-electron chi connectivity index (χ3n) is 6.56. The van der Waals surface area contributed by atoms with Crippen LogP contribution in [0.1, 0.15) is 30.1 Å². The summed E-state index contributed by atoms with van der Waals surface area (Å²) >= 11 is 7.28. The summed E-state index contributed by atoms with van der Waals surface area (Å²) < 4.78 is 4.98. The molecule has 0 radical (unpaired) electrons. The number of hydrogen-bond donors (Lipinski definition) is 1. The smallest absolute Gasteiger partial charge is 0.308 e. The van der Waals surface area contributed by atoms with E-state index >= 15 is 0 Å². The zero-order chi connectivity index (χ0) is 23.2. The number of carbonyl (C=O) groups is 5. The lowest BCUT2D eigenvalue weighted by atomic mass is 9.81. The highest BCUT2D eigenvalue weighted by molar-refractivity contribution is 9.12. The summed E-state index contributed by atoms with van der Waals surface area (Å²) in [5, 5.41) is 2.57. The Labute approximate surface area is 201 Å². The number of halogens is 2. The van der Waals surface area contributed by atoms with E-state index in [1.807, 2.05) is 0 Å².